The van der Waals surface area contributed by atoms with Crippen LogP contribution in [0.5, 0.6) is 0 Å². The molecular formula is C7H19NO2Si. The first-order valence-corrected chi connectivity index (χ1v) is 6.18. The largest absolute Gasteiger partial charge is 0.382 e. The van der Waals surface area contributed by atoms with Crippen LogP contribution in [-0.4, -0.2) is 43.0 Å². The van der Waals surface area contributed by atoms with Crippen LogP contribution in [0.25, 0.3) is 0 Å². The van der Waals surface area contributed by atoms with Gasteiger partial charge in [0, 0.05) is 23.2 Å². The van der Waals surface area contributed by atoms with Crippen LogP contribution in [0.2, 0.25) is 12.1 Å². The fourth-order valence-corrected chi connectivity index (χ4v) is 1.82. The number of hydrogen-bond donors (Lipinski definition) is 1. The van der Waals surface area contributed by atoms with E-state index in [0.717, 1.165) is 19.8 Å². The fourth-order valence-electron chi connectivity index (χ4n) is 0.770. The van der Waals surface area contributed by atoms with E-state index in [1.807, 2.05) is 0 Å². The van der Waals surface area contributed by atoms with Crippen molar-refractivity contribution in [3.63, 3.8) is 0 Å². The molecule has 0 rings (SSSR count). The van der Waals surface area contributed by atoms with Gasteiger partial charge < -0.3 is 15.2 Å². The highest BCUT2D eigenvalue weighted by atomic mass is 28.2. The normalized spacial score (nSPS) is 11.5. The second kappa shape index (κ2) is 10.1. The molecule has 4 heteroatoms. The van der Waals surface area contributed by atoms with Crippen molar-refractivity contribution >= 4 is 9.52 Å². The van der Waals surface area contributed by atoms with E-state index in [0.29, 0.717) is 6.61 Å². The molecular weight excluding hydrogens is 158 g/mol. The Hall–Kier alpha value is 0.0969. The molecule has 0 heterocycles. The van der Waals surface area contributed by atoms with Crippen molar-refractivity contribution in [2.45, 2.75) is 12.1 Å². The Morgan fingerprint density at radius 3 is 2.64 bits per heavy atom. The van der Waals surface area contributed by atoms with Crippen LogP contribution in [0.4, 0.5) is 0 Å². The molecule has 0 saturated carbocycles. The SMILES string of the molecule is COCCOCC[SiH2]CCN. The topological polar surface area (TPSA) is 44.5 Å². The van der Waals surface area contributed by atoms with Crippen LogP contribution in [-0.2, 0) is 9.47 Å². The highest BCUT2D eigenvalue weighted by Gasteiger charge is 1.89. The Bertz CT molecular complexity index is 65.5. The summed E-state index contributed by atoms with van der Waals surface area (Å²) in [6.45, 7) is 3.19. The zero-order chi connectivity index (χ0) is 8.36. The summed E-state index contributed by atoms with van der Waals surface area (Å²) in [5, 5.41) is 0. The molecule has 0 unspecified atom stereocenters. The van der Waals surface area contributed by atoms with Gasteiger partial charge >= 0.3 is 0 Å². The van der Waals surface area contributed by atoms with Gasteiger partial charge in [-0.05, 0) is 12.6 Å². The number of rotatable bonds is 8. The second-order valence-electron chi connectivity index (χ2n) is 2.45. The highest BCUT2D eigenvalue weighted by Crippen LogP contribution is 1.85. The predicted octanol–water partition coefficient (Wildman–Crippen LogP) is -0.387. The summed E-state index contributed by atoms with van der Waals surface area (Å²) < 4.78 is 10.1. The summed E-state index contributed by atoms with van der Waals surface area (Å²) in [7, 11) is 1.77. The molecule has 0 bridgehead atoms. The summed E-state index contributed by atoms with van der Waals surface area (Å²) in [5.41, 5.74) is 5.36. The Balaban J connectivity index is 2.69. The van der Waals surface area contributed by atoms with E-state index in [9.17, 15) is 0 Å². The van der Waals surface area contributed by atoms with Gasteiger partial charge in [-0.15, -0.1) is 0 Å². The minimum Gasteiger partial charge on any atom is -0.382 e. The molecule has 0 aliphatic heterocycles. The zero-order valence-corrected chi connectivity index (χ0v) is 8.76. The monoisotopic (exact) mass is 177 g/mol. The fraction of sp³-hybridized carbons (Fsp3) is 1.00. The highest BCUT2D eigenvalue weighted by molar-refractivity contribution is 6.35. The average Bonchev–Trinajstić information content (AvgIpc) is 2.03. The molecule has 0 spiro atoms. The van der Waals surface area contributed by atoms with Crippen molar-refractivity contribution in [3.05, 3.63) is 0 Å². The summed E-state index contributed by atoms with van der Waals surface area (Å²) in [6.07, 6.45) is 0. The van der Waals surface area contributed by atoms with Crippen molar-refractivity contribution < 1.29 is 9.47 Å². The maximum Gasteiger partial charge on any atom is 0.0700 e. The van der Waals surface area contributed by atoms with Crippen molar-refractivity contribution in [1.82, 2.24) is 0 Å². The first-order valence-electron chi connectivity index (χ1n) is 4.18. The van der Waals surface area contributed by atoms with E-state index in [1.54, 1.807) is 7.11 Å². The Morgan fingerprint density at radius 1 is 1.18 bits per heavy atom. The Kier molecular flexibility index (Phi) is 10.2. The molecule has 0 aromatic rings. The van der Waals surface area contributed by atoms with Gasteiger partial charge in [-0.3, -0.25) is 0 Å². The van der Waals surface area contributed by atoms with Crippen LogP contribution in [0.15, 0.2) is 0 Å². The lowest BCUT2D eigenvalue weighted by atomic mass is 10.7. The lowest BCUT2D eigenvalue weighted by molar-refractivity contribution is 0.0777. The number of nitrogens with two attached hydrogens (primary N) is 1. The summed E-state index contributed by atoms with van der Waals surface area (Å²) in [6, 6.07) is 2.49. The van der Waals surface area contributed by atoms with Gasteiger partial charge in [0.25, 0.3) is 0 Å². The van der Waals surface area contributed by atoms with Gasteiger partial charge in [-0.1, -0.05) is 6.04 Å². The van der Waals surface area contributed by atoms with Gasteiger partial charge in [0.05, 0.1) is 13.2 Å². The van der Waals surface area contributed by atoms with Gasteiger partial charge in [-0.2, -0.15) is 0 Å². The molecule has 0 aromatic carbocycles. The minimum absolute atomic E-state index is 0.0862. The lowest BCUT2D eigenvalue weighted by Crippen LogP contribution is -2.07. The molecule has 0 saturated heterocycles. The maximum atomic E-state index is 5.36. The molecule has 0 amide bonds. The lowest BCUT2D eigenvalue weighted by Gasteiger charge is -2.01. The van der Waals surface area contributed by atoms with E-state index in [4.69, 9.17) is 15.2 Å². The molecule has 2 N–H and O–H groups in total. The average molecular weight is 177 g/mol. The minimum atomic E-state index is 0.0862. The third kappa shape index (κ3) is 10.1. The number of ether oxygens (including phenoxy) is 2. The standard InChI is InChI=1S/C7H19NO2Si/c1-9-3-4-10-5-7-11-6-2-8/h2-8,11H2,1H3. The van der Waals surface area contributed by atoms with E-state index in [-0.39, 0.29) is 9.52 Å². The van der Waals surface area contributed by atoms with Crippen molar-refractivity contribution in [2.24, 2.45) is 5.73 Å². The van der Waals surface area contributed by atoms with E-state index in [2.05, 4.69) is 0 Å². The quantitative estimate of drug-likeness (QED) is 0.406. The summed E-state index contributed by atoms with van der Waals surface area (Å²) in [5.74, 6) is 0. The van der Waals surface area contributed by atoms with Crippen LogP contribution in [0.3, 0.4) is 0 Å². The molecule has 0 atom stereocenters. The van der Waals surface area contributed by atoms with Crippen molar-refractivity contribution in [2.75, 3.05) is 33.5 Å². The molecule has 0 aliphatic rings. The summed E-state index contributed by atoms with van der Waals surface area (Å²) >= 11 is 0. The van der Waals surface area contributed by atoms with E-state index >= 15 is 0 Å². The Labute approximate surface area is 71.1 Å². The third-order valence-electron chi connectivity index (χ3n) is 1.42. The molecule has 0 radical (unpaired) electrons. The maximum absolute atomic E-state index is 5.36. The molecule has 0 fully saturated rings. The molecule has 0 aliphatic carbocycles. The van der Waals surface area contributed by atoms with Crippen LogP contribution in [0.1, 0.15) is 0 Å². The zero-order valence-electron chi connectivity index (χ0n) is 7.34. The molecule has 3 nitrogen and oxygen atoms in total. The first-order chi connectivity index (χ1) is 5.41. The predicted molar refractivity (Wildman–Crippen MR) is 49.9 cm³/mol. The van der Waals surface area contributed by atoms with Crippen molar-refractivity contribution in [1.29, 1.82) is 0 Å². The van der Waals surface area contributed by atoms with E-state index in [1.165, 1.54) is 12.1 Å². The van der Waals surface area contributed by atoms with Crippen LogP contribution in [0, 0.1) is 0 Å². The van der Waals surface area contributed by atoms with Crippen molar-refractivity contribution in [3.8, 4) is 0 Å². The van der Waals surface area contributed by atoms with Crippen LogP contribution < -0.4 is 5.73 Å². The van der Waals surface area contributed by atoms with Gasteiger partial charge in [0.1, 0.15) is 0 Å². The molecule has 0 aromatic heterocycles. The van der Waals surface area contributed by atoms with Gasteiger partial charge in [0.15, 0.2) is 0 Å². The number of hydrogen-bond acceptors (Lipinski definition) is 3. The second-order valence-corrected chi connectivity index (χ2v) is 4.58. The smallest absolute Gasteiger partial charge is 0.0700 e. The Morgan fingerprint density at radius 2 is 2.00 bits per heavy atom. The molecule has 11 heavy (non-hydrogen) atoms. The first kappa shape index (κ1) is 11.1. The van der Waals surface area contributed by atoms with Gasteiger partial charge in [-0.25, -0.2) is 0 Å². The third-order valence-corrected chi connectivity index (χ3v) is 3.12. The van der Waals surface area contributed by atoms with Gasteiger partial charge in [0.2, 0.25) is 0 Å². The number of methoxy groups -OCH3 is 1. The van der Waals surface area contributed by atoms with E-state index < -0.39 is 0 Å². The summed E-state index contributed by atoms with van der Waals surface area (Å²) in [4.78, 5) is 0. The van der Waals surface area contributed by atoms with Crippen LogP contribution >= 0.6 is 0 Å². The molecule has 68 valence electrons.